The number of hydrogen-bond acceptors (Lipinski definition) is 2. The van der Waals surface area contributed by atoms with Crippen LogP contribution in [-0.4, -0.2) is 9.38 Å². The predicted octanol–water partition coefficient (Wildman–Crippen LogP) is 7.59. The van der Waals surface area contributed by atoms with Gasteiger partial charge in [0.2, 0.25) is 0 Å². The molecule has 0 N–H and O–H groups in total. The first-order chi connectivity index (χ1) is 19.2. The molecule has 0 fully saturated rings. The van der Waals surface area contributed by atoms with Crippen molar-refractivity contribution in [2.45, 2.75) is 0 Å². The third-order valence-corrected chi connectivity index (χ3v) is 10.9. The Morgan fingerprint density at radius 3 is 1.95 bits per heavy atom. The van der Waals surface area contributed by atoms with Gasteiger partial charge in [-0.3, -0.25) is 4.40 Å². The Morgan fingerprint density at radius 1 is 0.513 bits per heavy atom. The highest BCUT2D eigenvalue weighted by atomic mass is 31.2. The molecule has 0 aliphatic rings. The van der Waals surface area contributed by atoms with Gasteiger partial charge in [-0.15, -0.1) is 0 Å². The van der Waals surface area contributed by atoms with Gasteiger partial charge in [-0.05, 0) is 46.5 Å². The molecule has 6 aromatic carbocycles. The average molecular weight is 519 g/mol. The van der Waals surface area contributed by atoms with Crippen molar-refractivity contribution in [3.05, 3.63) is 140 Å². The van der Waals surface area contributed by atoms with E-state index in [1.54, 1.807) is 0 Å². The van der Waals surface area contributed by atoms with Crippen LogP contribution in [0.15, 0.2) is 140 Å². The van der Waals surface area contributed by atoms with E-state index >= 15 is 4.57 Å². The van der Waals surface area contributed by atoms with Crippen molar-refractivity contribution in [2.24, 2.45) is 0 Å². The number of nitrogens with zero attached hydrogens (tertiary/aromatic N) is 2. The molecule has 0 atom stereocenters. The van der Waals surface area contributed by atoms with E-state index in [2.05, 4.69) is 71.1 Å². The molecule has 4 heteroatoms. The van der Waals surface area contributed by atoms with E-state index in [9.17, 15) is 0 Å². The van der Waals surface area contributed by atoms with Gasteiger partial charge in [0, 0.05) is 26.7 Å². The zero-order valence-corrected chi connectivity index (χ0v) is 21.9. The number of pyridine rings is 1. The highest BCUT2D eigenvalue weighted by Gasteiger charge is 2.30. The summed E-state index contributed by atoms with van der Waals surface area (Å²) in [5.41, 5.74) is 4.02. The average Bonchev–Trinajstić information content (AvgIpc) is 3.41. The highest BCUT2D eigenvalue weighted by molar-refractivity contribution is 7.85. The van der Waals surface area contributed by atoms with Crippen molar-refractivity contribution < 1.29 is 4.57 Å². The van der Waals surface area contributed by atoms with Crippen LogP contribution < -0.4 is 15.9 Å². The first kappa shape index (κ1) is 22.3. The fourth-order valence-corrected chi connectivity index (χ4v) is 8.70. The summed E-state index contributed by atoms with van der Waals surface area (Å²) in [5, 5.41) is 8.12. The minimum absolute atomic E-state index is 0.825. The van der Waals surface area contributed by atoms with Gasteiger partial charge in [0.05, 0.1) is 16.6 Å². The summed E-state index contributed by atoms with van der Waals surface area (Å²) in [7, 11) is -3.13. The molecular weight excluding hydrogens is 495 g/mol. The summed E-state index contributed by atoms with van der Waals surface area (Å²) >= 11 is 0. The van der Waals surface area contributed by atoms with Crippen LogP contribution in [0.2, 0.25) is 0 Å². The van der Waals surface area contributed by atoms with Crippen molar-refractivity contribution in [2.75, 3.05) is 0 Å². The van der Waals surface area contributed by atoms with Crippen LogP contribution in [0, 0.1) is 0 Å². The lowest BCUT2D eigenvalue weighted by Crippen LogP contribution is -2.25. The molecule has 0 saturated carbocycles. The van der Waals surface area contributed by atoms with Crippen LogP contribution in [-0.2, 0) is 4.57 Å². The molecule has 0 saturated heterocycles. The summed E-state index contributed by atoms with van der Waals surface area (Å²) in [4.78, 5) is 5.12. The monoisotopic (exact) mass is 518 g/mol. The maximum Gasteiger partial charge on any atom is 0.171 e. The number of para-hydroxylation sites is 2. The second kappa shape index (κ2) is 8.39. The van der Waals surface area contributed by atoms with Crippen LogP contribution in [0.1, 0.15) is 0 Å². The van der Waals surface area contributed by atoms with E-state index in [0.717, 1.165) is 59.7 Å². The SMILES string of the molecule is O=P(c1ccccc1)(c1ccccc1)c1ccc2c(c1)c1ccc3ccccc3c1c1nc3ccccc3n21. The summed E-state index contributed by atoms with van der Waals surface area (Å²) in [6.45, 7) is 0. The molecule has 3 nitrogen and oxygen atoms in total. The second-order valence-electron chi connectivity index (χ2n) is 9.95. The lowest BCUT2D eigenvalue weighted by molar-refractivity contribution is 0.592. The van der Waals surface area contributed by atoms with Gasteiger partial charge in [-0.25, -0.2) is 4.98 Å². The van der Waals surface area contributed by atoms with E-state index in [1.165, 1.54) is 5.39 Å². The summed E-state index contributed by atoms with van der Waals surface area (Å²) in [6.07, 6.45) is 0. The van der Waals surface area contributed by atoms with Gasteiger partial charge in [0.15, 0.2) is 7.14 Å². The molecule has 0 aliphatic heterocycles. The minimum Gasteiger partial charge on any atom is -0.309 e. The van der Waals surface area contributed by atoms with Gasteiger partial charge in [-0.1, -0.05) is 109 Å². The number of imidazole rings is 1. The zero-order valence-electron chi connectivity index (χ0n) is 21.0. The van der Waals surface area contributed by atoms with Crippen LogP contribution in [0.25, 0.3) is 49.1 Å². The Morgan fingerprint density at radius 2 is 1.18 bits per heavy atom. The molecule has 2 aromatic heterocycles. The molecule has 0 bridgehead atoms. The molecule has 2 heterocycles. The van der Waals surface area contributed by atoms with Crippen molar-refractivity contribution in [1.29, 1.82) is 0 Å². The first-order valence-electron chi connectivity index (χ1n) is 13.1. The molecule has 0 aliphatic carbocycles. The van der Waals surface area contributed by atoms with E-state index in [0.29, 0.717) is 0 Å². The molecule has 39 heavy (non-hydrogen) atoms. The summed E-state index contributed by atoms with van der Waals surface area (Å²) < 4.78 is 17.5. The quantitative estimate of drug-likeness (QED) is 0.178. The molecule has 8 aromatic rings. The number of hydrogen-bond donors (Lipinski definition) is 0. The standard InChI is InChI=1S/C35H23N2OP/c38-39(25-12-3-1-4-13-25,26-14-5-2-6-15-26)27-20-22-32-30(23-27)29-21-19-24-11-7-8-16-28(24)34(29)35-36-31-17-9-10-18-33(31)37(32)35/h1-23H. The number of aromatic nitrogens is 2. The van der Waals surface area contributed by atoms with Crippen LogP contribution in [0.5, 0.6) is 0 Å². The van der Waals surface area contributed by atoms with Crippen molar-refractivity contribution in [1.82, 2.24) is 9.38 Å². The Kier molecular flexibility index (Phi) is 4.79. The smallest absolute Gasteiger partial charge is 0.171 e. The Labute approximate surface area is 225 Å². The Bertz CT molecular complexity index is 2210. The minimum atomic E-state index is -3.13. The molecule has 184 valence electrons. The van der Waals surface area contributed by atoms with Crippen LogP contribution in [0.4, 0.5) is 0 Å². The Balaban J connectivity index is 1.56. The third-order valence-electron chi connectivity index (χ3n) is 7.83. The van der Waals surface area contributed by atoms with Crippen molar-refractivity contribution >= 4 is 72.2 Å². The van der Waals surface area contributed by atoms with Crippen molar-refractivity contribution in [3.8, 4) is 0 Å². The number of rotatable bonds is 3. The van der Waals surface area contributed by atoms with Crippen LogP contribution in [0.3, 0.4) is 0 Å². The molecule has 0 radical (unpaired) electrons. The van der Waals surface area contributed by atoms with Gasteiger partial charge < -0.3 is 4.57 Å². The second-order valence-corrected chi connectivity index (χ2v) is 12.7. The molecular formula is C35H23N2OP. The lowest BCUT2D eigenvalue weighted by Gasteiger charge is -2.21. The van der Waals surface area contributed by atoms with Gasteiger partial charge >= 0.3 is 0 Å². The molecule has 0 spiro atoms. The fourth-order valence-electron chi connectivity index (χ4n) is 6.03. The summed E-state index contributed by atoms with van der Waals surface area (Å²) in [6, 6.07) is 47.2. The topological polar surface area (TPSA) is 34.4 Å². The lowest BCUT2D eigenvalue weighted by atomic mass is 9.99. The number of fused-ring (bicyclic) bond motifs is 10. The van der Waals surface area contributed by atoms with Crippen molar-refractivity contribution in [3.63, 3.8) is 0 Å². The highest BCUT2D eigenvalue weighted by Crippen LogP contribution is 2.44. The van der Waals surface area contributed by atoms with E-state index in [4.69, 9.17) is 4.98 Å². The van der Waals surface area contributed by atoms with Gasteiger partial charge in [0.25, 0.3) is 0 Å². The maximum atomic E-state index is 15.2. The largest absolute Gasteiger partial charge is 0.309 e. The normalized spacial score (nSPS) is 12.2. The third kappa shape index (κ3) is 3.17. The number of benzene rings is 6. The van der Waals surface area contributed by atoms with Gasteiger partial charge in [0.1, 0.15) is 5.65 Å². The first-order valence-corrected chi connectivity index (χ1v) is 14.8. The van der Waals surface area contributed by atoms with Gasteiger partial charge in [-0.2, -0.15) is 0 Å². The summed E-state index contributed by atoms with van der Waals surface area (Å²) in [5.74, 6) is 0. The molecule has 8 rings (SSSR count). The van der Waals surface area contributed by atoms with E-state index in [-0.39, 0.29) is 0 Å². The van der Waals surface area contributed by atoms with E-state index < -0.39 is 7.14 Å². The molecule has 0 amide bonds. The fraction of sp³-hybridized carbons (Fsp3) is 0. The van der Waals surface area contributed by atoms with Crippen LogP contribution >= 0.6 is 7.14 Å². The maximum absolute atomic E-state index is 15.2. The predicted molar refractivity (Wildman–Crippen MR) is 165 cm³/mol. The molecule has 0 unspecified atom stereocenters. The Hall–Kier alpha value is -4.72. The zero-order chi connectivity index (χ0) is 26.0. The van der Waals surface area contributed by atoms with E-state index in [1.807, 2.05) is 72.8 Å².